The lowest BCUT2D eigenvalue weighted by Gasteiger charge is -2.30. The second-order valence-electron chi connectivity index (χ2n) is 9.47. The molecule has 8 heteroatoms. The quantitative estimate of drug-likeness (QED) is 0.673. The van der Waals surface area contributed by atoms with Gasteiger partial charge >= 0.3 is 0 Å². The van der Waals surface area contributed by atoms with Crippen molar-refractivity contribution in [3.63, 3.8) is 0 Å². The van der Waals surface area contributed by atoms with Gasteiger partial charge in [-0.15, -0.1) is 16.4 Å². The monoisotopic (exact) mass is 445 g/mol. The van der Waals surface area contributed by atoms with Crippen LogP contribution in [0.1, 0.15) is 51.5 Å². The molecule has 3 heterocycles. The highest BCUT2D eigenvalue weighted by atomic mass is 32.1. The second-order valence-corrected chi connectivity index (χ2v) is 10.8. The summed E-state index contributed by atoms with van der Waals surface area (Å²) in [6.45, 7) is 4.75. The van der Waals surface area contributed by atoms with Gasteiger partial charge < -0.3 is 5.73 Å². The molecule has 1 aliphatic heterocycles. The summed E-state index contributed by atoms with van der Waals surface area (Å²) in [6, 6.07) is 4.61. The molecule has 6 nitrogen and oxygen atoms in total. The van der Waals surface area contributed by atoms with Crippen molar-refractivity contribution >= 4 is 29.5 Å². The zero-order chi connectivity index (χ0) is 20.8. The van der Waals surface area contributed by atoms with Crippen LogP contribution in [0.4, 0.5) is 0 Å². The molecule has 0 radical (unpaired) electrons. The van der Waals surface area contributed by atoms with Gasteiger partial charge in [-0.2, -0.15) is 0 Å². The Morgan fingerprint density at radius 2 is 2.10 bits per heavy atom. The lowest BCUT2D eigenvalue weighted by molar-refractivity contribution is -0.123. The third-order valence-corrected chi connectivity index (χ3v) is 9.03. The molecule has 2 aromatic rings. The van der Waals surface area contributed by atoms with Crippen LogP contribution < -0.4 is 5.73 Å². The minimum atomic E-state index is -0.171. The van der Waals surface area contributed by atoms with Gasteiger partial charge in [0.15, 0.2) is 10.6 Å². The van der Waals surface area contributed by atoms with E-state index in [1.165, 1.54) is 30.6 Å². The van der Waals surface area contributed by atoms with Crippen LogP contribution in [0.3, 0.4) is 0 Å². The Bertz CT molecular complexity index is 957. The number of thiophene rings is 1. The first-order valence-electron chi connectivity index (χ1n) is 11.3. The van der Waals surface area contributed by atoms with Crippen LogP contribution >= 0.6 is 23.6 Å². The van der Waals surface area contributed by atoms with Crippen LogP contribution in [0.5, 0.6) is 0 Å². The van der Waals surface area contributed by atoms with E-state index in [-0.39, 0.29) is 11.8 Å². The first-order chi connectivity index (χ1) is 14.5. The maximum absolute atomic E-state index is 11.5. The number of likely N-dealkylation sites (tertiary alicyclic amines) is 1. The van der Waals surface area contributed by atoms with Crippen LogP contribution in [0.2, 0.25) is 0 Å². The fourth-order valence-corrected chi connectivity index (χ4v) is 7.13. The van der Waals surface area contributed by atoms with Gasteiger partial charge in [0, 0.05) is 25.0 Å². The van der Waals surface area contributed by atoms with E-state index in [4.69, 9.17) is 23.1 Å². The molecule has 4 atom stereocenters. The summed E-state index contributed by atoms with van der Waals surface area (Å²) in [4.78, 5) is 15.0. The van der Waals surface area contributed by atoms with Gasteiger partial charge in [0.2, 0.25) is 5.91 Å². The van der Waals surface area contributed by atoms with E-state index in [0.29, 0.717) is 18.6 Å². The Morgan fingerprint density at radius 1 is 1.30 bits per heavy atom. The number of carbonyl (C=O) groups is 1. The van der Waals surface area contributed by atoms with Crippen molar-refractivity contribution in [2.24, 2.45) is 29.4 Å². The zero-order valence-electron chi connectivity index (χ0n) is 17.6. The topological polar surface area (TPSA) is 69.1 Å². The van der Waals surface area contributed by atoms with Gasteiger partial charge in [0.25, 0.3) is 0 Å². The maximum atomic E-state index is 11.5. The Balaban J connectivity index is 1.41. The summed E-state index contributed by atoms with van der Waals surface area (Å²) in [7, 11) is 0. The number of carbonyl (C=O) groups excluding carboxylic acids is 1. The van der Waals surface area contributed by atoms with Crippen molar-refractivity contribution in [1.29, 1.82) is 0 Å². The molecule has 1 saturated heterocycles. The lowest BCUT2D eigenvalue weighted by Crippen LogP contribution is -2.39. The maximum Gasteiger partial charge on any atom is 0.220 e. The molecule has 2 aliphatic carbocycles. The fourth-order valence-electron chi connectivity index (χ4n) is 6.08. The molecule has 2 bridgehead atoms. The van der Waals surface area contributed by atoms with E-state index in [2.05, 4.69) is 33.9 Å². The minimum absolute atomic E-state index is 0.00581. The van der Waals surface area contributed by atoms with E-state index in [0.717, 1.165) is 48.4 Å². The van der Waals surface area contributed by atoms with Gasteiger partial charge in [-0.3, -0.25) is 14.3 Å². The average molecular weight is 446 g/mol. The standard InChI is InChI=1S/C22H31N5OS2/c1-14(18-12-15-4-5-17(18)11-15)27-21(19-3-2-10-30-19)24-26(22(27)29)13-25-8-6-16(7-9-25)20(23)28/h2-3,10,14-18H,4-9,11-13H2,1H3,(H2,23,28)/t14-,15-,17-,18+/m0/s1. The Labute approximate surface area is 187 Å². The minimum Gasteiger partial charge on any atom is -0.369 e. The molecule has 0 unspecified atom stereocenters. The van der Waals surface area contributed by atoms with Crippen molar-refractivity contribution in [1.82, 2.24) is 19.2 Å². The first kappa shape index (κ1) is 20.4. The molecule has 2 aromatic heterocycles. The number of hydrogen-bond acceptors (Lipinski definition) is 5. The van der Waals surface area contributed by atoms with E-state index in [1.54, 1.807) is 11.3 Å². The van der Waals surface area contributed by atoms with Crippen molar-refractivity contribution in [2.75, 3.05) is 13.1 Å². The molecular formula is C22H31N5OS2. The third kappa shape index (κ3) is 3.67. The smallest absolute Gasteiger partial charge is 0.220 e. The Morgan fingerprint density at radius 3 is 2.70 bits per heavy atom. The largest absolute Gasteiger partial charge is 0.369 e. The molecule has 2 N–H and O–H groups in total. The van der Waals surface area contributed by atoms with Gasteiger partial charge in [-0.1, -0.05) is 12.5 Å². The second kappa shape index (κ2) is 8.20. The molecule has 3 fully saturated rings. The molecule has 0 spiro atoms. The third-order valence-electron chi connectivity index (χ3n) is 7.76. The van der Waals surface area contributed by atoms with Crippen molar-refractivity contribution in [3.05, 3.63) is 22.3 Å². The Hall–Kier alpha value is -1.51. The highest BCUT2D eigenvalue weighted by Gasteiger charge is 2.43. The van der Waals surface area contributed by atoms with Crippen LogP contribution in [0.25, 0.3) is 10.7 Å². The highest BCUT2D eigenvalue weighted by molar-refractivity contribution is 7.71. The van der Waals surface area contributed by atoms with Crippen LogP contribution in [-0.2, 0) is 11.5 Å². The van der Waals surface area contributed by atoms with E-state index >= 15 is 0 Å². The number of hydrogen-bond donors (Lipinski definition) is 1. The number of nitrogens with two attached hydrogens (primary N) is 1. The molecule has 30 heavy (non-hydrogen) atoms. The number of amides is 1. The number of aromatic nitrogens is 3. The zero-order valence-corrected chi connectivity index (χ0v) is 19.2. The number of primary amides is 1. The van der Waals surface area contributed by atoms with Crippen LogP contribution in [-0.4, -0.2) is 38.2 Å². The molecule has 1 amide bonds. The predicted octanol–water partition coefficient (Wildman–Crippen LogP) is 4.29. The molecule has 5 rings (SSSR count). The number of rotatable bonds is 6. The summed E-state index contributed by atoms with van der Waals surface area (Å²) in [5.74, 6) is 3.32. The molecule has 2 saturated carbocycles. The Kier molecular flexibility index (Phi) is 5.58. The van der Waals surface area contributed by atoms with Crippen molar-refractivity contribution < 1.29 is 4.79 Å². The summed E-state index contributed by atoms with van der Waals surface area (Å²) in [6.07, 6.45) is 7.18. The molecule has 0 aromatic carbocycles. The van der Waals surface area contributed by atoms with E-state index < -0.39 is 0 Å². The average Bonchev–Trinajstić information content (AvgIpc) is 3.53. The normalized spacial score (nSPS) is 28.2. The summed E-state index contributed by atoms with van der Waals surface area (Å²) in [5, 5.41) is 7.12. The summed E-state index contributed by atoms with van der Waals surface area (Å²) < 4.78 is 5.16. The van der Waals surface area contributed by atoms with Gasteiger partial charge in [-0.05, 0) is 80.4 Å². The van der Waals surface area contributed by atoms with Crippen LogP contribution in [0.15, 0.2) is 17.5 Å². The van der Waals surface area contributed by atoms with E-state index in [1.807, 2.05) is 4.68 Å². The molecule has 3 aliphatic rings. The fraction of sp³-hybridized carbons (Fsp3) is 0.682. The predicted molar refractivity (Wildman–Crippen MR) is 122 cm³/mol. The molecule has 162 valence electrons. The van der Waals surface area contributed by atoms with E-state index in [9.17, 15) is 4.79 Å². The highest BCUT2D eigenvalue weighted by Crippen LogP contribution is 2.52. The van der Waals surface area contributed by atoms with Crippen molar-refractivity contribution in [3.8, 4) is 10.7 Å². The SMILES string of the molecule is C[C@@H]([C@H]1C[C@H]2CC[C@H]1C2)n1c(-c2cccs2)nn(CN2CCC(C(N)=O)CC2)c1=S. The van der Waals surface area contributed by atoms with Crippen LogP contribution in [0, 0.1) is 28.4 Å². The number of piperidine rings is 1. The van der Waals surface area contributed by atoms with Gasteiger partial charge in [0.05, 0.1) is 11.5 Å². The molecular weight excluding hydrogens is 414 g/mol. The number of nitrogens with zero attached hydrogens (tertiary/aromatic N) is 4. The summed E-state index contributed by atoms with van der Waals surface area (Å²) in [5.41, 5.74) is 5.49. The first-order valence-corrected chi connectivity index (χ1v) is 12.5. The number of fused-ring (bicyclic) bond motifs is 2. The summed E-state index contributed by atoms with van der Waals surface area (Å²) >= 11 is 7.71. The van der Waals surface area contributed by atoms with Gasteiger partial charge in [0.1, 0.15) is 0 Å². The van der Waals surface area contributed by atoms with Gasteiger partial charge in [-0.25, -0.2) is 4.68 Å². The lowest BCUT2D eigenvalue weighted by atomic mass is 9.84. The van der Waals surface area contributed by atoms with Crippen molar-refractivity contribution in [2.45, 2.75) is 58.2 Å².